The van der Waals surface area contributed by atoms with Gasteiger partial charge in [-0.15, -0.1) is 0 Å². The molecule has 21 heteroatoms. The van der Waals surface area contributed by atoms with E-state index in [2.05, 4.69) is 0 Å². The summed E-state index contributed by atoms with van der Waals surface area (Å²) in [4.78, 5) is 0. The molecule has 1 aromatic rings. The minimum absolute atomic E-state index is 0.400. The van der Waals surface area contributed by atoms with Crippen molar-refractivity contribution in [1.82, 2.24) is 4.72 Å². The molecule has 0 fully saturated rings. The van der Waals surface area contributed by atoms with Gasteiger partial charge in [-0.05, 0) is 5.56 Å². The first-order valence-electron chi connectivity index (χ1n) is 8.32. The Labute approximate surface area is 188 Å². The van der Waals surface area contributed by atoms with E-state index in [-0.39, 0.29) is 0 Å². The molecule has 0 radical (unpaired) electrons. The fourth-order valence-corrected chi connectivity index (χ4v) is 3.67. The summed E-state index contributed by atoms with van der Waals surface area (Å²) in [6, 6.07) is 5.11. The molecule has 210 valence electrons. The van der Waals surface area contributed by atoms with Gasteiger partial charge in [-0.25, -0.2) is 13.1 Å². The third-order valence-electron chi connectivity index (χ3n) is 4.55. The summed E-state index contributed by atoms with van der Waals surface area (Å²) in [5.74, 6) is -26.7. The number of alkyl halides is 17. The average Bonchev–Trinajstić information content (AvgIpc) is 2.63. The van der Waals surface area contributed by atoms with Crippen LogP contribution in [0.15, 0.2) is 30.3 Å². The molecule has 0 aliphatic carbocycles. The van der Waals surface area contributed by atoms with Crippen LogP contribution in [-0.2, 0) is 16.6 Å². The highest BCUT2D eigenvalue weighted by molar-refractivity contribution is 7.90. The van der Waals surface area contributed by atoms with Crippen LogP contribution >= 0.6 is 0 Å². The predicted molar refractivity (Wildman–Crippen MR) is 82.6 cm³/mol. The monoisotopic (exact) mass is 589 g/mol. The lowest BCUT2D eigenvalue weighted by Gasteiger charge is -2.47. The lowest BCUT2D eigenvalue weighted by atomic mass is 9.74. The first kappa shape index (κ1) is 32.0. The molecule has 0 saturated carbocycles. The number of nitrogens with one attached hydrogen (secondary N) is 1. The van der Waals surface area contributed by atoms with Crippen LogP contribution in [0.1, 0.15) is 5.56 Å². The van der Waals surface area contributed by atoms with E-state index in [9.17, 15) is 83.1 Å². The molecule has 0 heterocycles. The number of halogens is 17. The molecule has 0 atom stereocenters. The van der Waals surface area contributed by atoms with E-state index in [1.165, 1.54) is 6.07 Å². The first-order chi connectivity index (χ1) is 15.6. The first-order valence-corrected chi connectivity index (χ1v) is 9.81. The molecule has 0 saturated heterocycles. The van der Waals surface area contributed by atoms with Gasteiger partial charge >= 0.3 is 47.0 Å². The second kappa shape index (κ2) is 8.76. The van der Waals surface area contributed by atoms with Gasteiger partial charge in [-0.1, -0.05) is 30.3 Å². The Morgan fingerprint density at radius 3 is 1.25 bits per heavy atom. The molecule has 0 spiro atoms. The number of sulfonamides is 1. The standard InChI is InChI=1S/C15H8F17NO2S/c16-9(17,8(12(22,23)24,13(25,26)27)14(28,29)30)10(18,19)11(20,21)15(31,32)36(34,35)33-6-7-4-2-1-3-5-7/h1-5,33H,6H2. The summed E-state index contributed by atoms with van der Waals surface area (Å²) in [5.41, 5.74) is -9.45. The van der Waals surface area contributed by atoms with E-state index in [1.807, 2.05) is 0 Å². The van der Waals surface area contributed by atoms with Crippen molar-refractivity contribution in [3.05, 3.63) is 35.9 Å². The van der Waals surface area contributed by atoms with Crippen molar-refractivity contribution in [3.63, 3.8) is 0 Å². The van der Waals surface area contributed by atoms with E-state index < -0.39 is 69.1 Å². The number of rotatable bonds is 8. The topological polar surface area (TPSA) is 46.2 Å². The van der Waals surface area contributed by atoms with Crippen molar-refractivity contribution in [2.75, 3.05) is 0 Å². The van der Waals surface area contributed by atoms with Gasteiger partial charge in [0, 0.05) is 6.54 Å². The second-order valence-electron chi connectivity index (χ2n) is 6.79. The normalized spacial score (nSPS) is 15.8. The smallest absolute Gasteiger partial charge is 0.206 e. The quantitative estimate of drug-likeness (QED) is 0.363. The van der Waals surface area contributed by atoms with E-state index in [0.717, 1.165) is 24.3 Å². The summed E-state index contributed by atoms with van der Waals surface area (Å²) in [7, 11) is -7.40. The maximum Gasteiger partial charge on any atom is 0.427 e. The zero-order valence-electron chi connectivity index (χ0n) is 16.2. The highest BCUT2D eigenvalue weighted by Crippen LogP contribution is 2.71. The molecular weight excluding hydrogens is 581 g/mol. The third-order valence-corrected chi connectivity index (χ3v) is 6.00. The van der Waals surface area contributed by atoms with Gasteiger partial charge in [0.05, 0.1) is 0 Å². The highest BCUT2D eigenvalue weighted by atomic mass is 32.2. The van der Waals surface area contributed by atoms with E-state index in [1.54, 1.807) is 0 Å². The van der Waals surface area contributed by atoms with Crippen LogP contribution in [0.25, 0.3) is 0 Å². The van der Waals surface area contributed by atoms with Gasteiger partial charge in [-0.3, -0.25) is 0 Å². The van der Waals surface area contributed by atoms with Gasteiger partial charge in [0.25, 0.3) is 10.0 Å². The van der Waals surface area contributed by atoms with Crippen molar-refractivity contribution >= 4 is 10.0 Å². The fourth-order valence-electron chi connectivity index (χ4n) is 2.67. The minimum Gasteiger partial charge on any atom is -0.206 e. The predicted octanol–water partition coefficient (Wildman–Crippen LogP) is 6.28. The molecule has 0 unspecified atom stereocenters. The highest BCUT2D eigenvalue weighted by Gasteiger charge is 3.01. The number of benzene rings is 1. The van der Waals surface area contributed by atoms with Crippen molar-refractivity contribution < 1.29 is 83.1 Å². The molecule has 0 amide bonds. The van der Waals surface area contributed by atoms with E-state index in [4.69, 9.17) is 0 Å². The zero-order valence-corrected chi connectivity index (χ0v) is 17.1. The van der Waals surface area contributed by atoms with Crippen molar-refractivity contribution in [2.24, 2.45) is 5.41 Å². The summed E-state index contributed by atoms with van der Waals surface area (Å²) in [6.45, 7) is -1.49. The van der Waals surface area contributed by atoms with Gasteiger partial charge in [0.1, 0.15) is 0 Å². The largest absolute Gasteiger partial charge is 0.427 e. The Hall–Kier alpha value is -2.06. The van der Waals surface area contributed by atoms with E-state index in [0.29, 0.717) is 4.72 Å². The molecule has 1 aromatic carbocycles. The zero-order chi connectivity index (χ0) is 29.0. The Morgan fingerprint density at radius 2 is 0.917 bits per heavy atom. The maximum atomic E-state index is 13.9. The molecule has 3 nitrogen and oxygen atoms in total. The molecule has 0 aromatic heterocycles. The molecule has 36 heavy (non-hydrogen) atoms. The average molecular weight is 589 g/mol. The SMILES string of the molecule is O=S(=O)(NCc1ccccc1)C(F)(F)C(F)(F)C(F)(F)C(F)(F)C(C(F)(F)F)(C(F)(F)F)C(F)(F)F. The van der Waals surface area contributed by atoms with Gasteiger partial charge in [0.2, 0.25) is 0 Å². The van der Waals surface area contributed by atoms with Gasteiger partial charge < -0.3 is 0 Å². The summed E-state index contributed by atoms with van der Waals surface area (Å²) in [6.07, 6.45) is -25.8. The Bertz CT molecular complexity index is 989. The van der Waals surface area contributed by atoms with Crippen LogP contribution in [-0.4, -0.2) is 50.0 Å². The van der Waals surface area contributed by atoms with Crippen molar-refractivity contribution in [2.45, 2.75) is 48.1 Å². The maximum absolute atomic E-state index is 13.9. The van der Waals surface area contributed by atoms with Crippen molar-refractivity contribution in [3.8, 4) is 0 Å². The lowest BCUT2D eigenvalue weighted by molar-refractivity contribution is -0.510. The van der Waals surface area contributed by atoms with Gasteiger partial charge in [-0.2, -0.15) is 74.6 Å². The molecule has 1 N–H and O–H groups in total. The molecule has 0 aliphatic heterocycles. The molecule has 0 aliphatic rings. The fraction of sp³-hybridized carbons (Fsp3) is 0.600. The number of hydrogen-bond donors (Lipinski definition) is 1. The Kier molecular flexibility index (Phi) is 7.78. The number of hydrogen-bond acceptors (Lipinski definition) is 2. The minimum atomic E-state index is -9.20. The van der Waals surface area contributed by atoms with Crippen molar-refractivity contribution in [1.29, 1.82) is 0 Å². The van der Waals surface area contributed by atoms with E-state index >= 15 is 0 Å². The Balaban J connectivity index is 3.82. The second-order valence-corrected chi connectivity index (χ2v) is 8.60. The molecule has 1 rings (SSSR count). The summed E-state index contributed by atoms with van der Waals surface area (Å²) in [5, 5.41) is -7.70. The van der Waals surface area contributed by atoms with Crippen LogP contribution in [0, 0.1) is 5.41 Å². The van der Waals surface area contributed by atoms with Crippen LogP contribution < -0.4 is 4.72 Å². The molecular formula is C15H8F17NO2S. The van der Waals surface area contributed by atoms with Crippen LogP contribution in [0.2, 0.25) is 0 Å². The van der Waals surface area contributed by atoms with Gasteiger partial charge in [0.15, 0.2) is 0 Å². The van der Waals surface area contributed by atoms with Crippen LogP contribution in [0.5, 0.6) is 0 Å². The summed E-state index contributed by atoms with van der Waals surface area (Å²) >= 11 is 0. The van der Waals surface area contributed by atoms with Crippen LogP contribution in [0.4, 0.5) is 74.6 Å². The van der Waals surface area contributed by atoms with Crippen LogP contribution in [0.3, 0.4) is 0 Å². The lowest BCUT2D eigenvalue weighted by Crippen LogP contribution is -2.78. The summed E-state index contributed by atoms with van der Waals surface area (Å²) < 4.78 is 250. The molecule has 0 bridgehead atoms. The Morgan fingerprint density at radius 1 is 0.556 bits per heavy atom. The third kappa shape index (κ3) is 4.34.